The van der Waals surface area contributed by atoms with E-state index in [2.05, 4.69) is 0 Å². The van der Waals surface area contributed by atoms with Gasteiger partial charge in [-0.2, -0.15) is 0 Å². The van der Waals surface area contributed by atoms with Crippen LogP contribution in [0.4, 0.5) is 0 Å². The van der Waals surface area contributed by atoms with Gasteiger partial charge in [0, 0.05) is 13.0 Å². The van der Waals surface area contributed by atoms with Crippen LogP contribution in [-0.2, 0) is 4.79 Å². The Morgan fingerprint density at radius 3 is 2.77 bits per heavy atom. The van der Waals surface area contributed by atoms with Gasteiger partial charge in [-0.05, 0) is 45.4 Å². The predicted octanol–water partition coefficient (Wildman–Crippen LogP) is 2.60. The number of nitrogens with zero attached hydrogens (tertiary/aromatic N) is 1. The average molecular weight is 305 g/mol. The number of ether oxygens (including phenoxy) is 1. The van der Waals surface area contributed by atoms with E-state index in [4.69, 9.17) is 9.84 Å². The monoisotopic (exact) mass is 305 g/mol. The van der Waals surface area contributed by atoms with Gasteiger partial charge in [0.05, 0.1) is 11.7 Å². The lowest BCUT2D eigenvalue weighted by atomic mass is 10.1. The first-order chi connectivity index (χ1) is 10.5. The molecule has 0 spiro atoms. The molecule has 1 aromatic carbocycles. The summed E-state index contributed by atoms with van der Waals surface area (Å²) in [6, 6.07) is 6.77. The van der Waals surface area contributed by atoms with Crippen LogP contribution in [0.2, 0.25) is 0 Å². The molecule has 1 aliphatic heterocycles. The Balaban J connectivity index is 1.99. The normalized spacial score (nSPS) is 18.6. The fourth-order valence-electron chi connectivity index (χ4n) is 2.81. The van der Waals surface area contributed by atoms with Gasteiger partial charge in [-0.3, -0.25) is 14.5 Å². The Morgan fingerprint density at radius 1 is 1.36 bits per heavy atom. The van der Waals surface area contributed by atoms with E-state index in [-0.39, 0.29) is 11.9 Å². The van der Waals surface area contributed by atoms with Gasteiger partial charge in [0.15, 0.2) is 5.78 Å². The van der Waals surface area contributed by atoms with Gasteiger partial charge in [-0.15, -0.1) is 0 Å². The molecule has 1 fully saturated rings. The van der Waals surface area contributed by atoms with Crippen LogP contribution in [0.25, 0.3) is 0 Å². The van der Waals surface area contributed by atoms with Crippen molar-refractivity contribution >= 4 is 11.8 Å². The maximum absolute atomic E-state index is 12.4. The van der Waals surface area contributed by atoms with Crippen molar-refractivity contribution in [1.29, 1.82) is 0 Å². The van der Waals surface area contributed by atoms with Crippen molar-refractivity contribution in [3.8, 4) is 5.75 Å². The molecule has 1 aliphatic rings. The smallest absolute Gasteiger partial charge is 0.320 e. The molecular weight excluding hydrogens is 282 g/mol. The van der Waals surface area contributed by atoms with Crippen LogP contribution in [0.1, 0.15) is 43.5 Å². The second kappa shape index (κ2) is 7.40. The van der Waals surface area contributed by atoms with Gasteiger partial charge in [0.1, 0.15) is 11.8 Å². The third-order valence-electron chi connectivity index (χ3n) is 3.82. The van der Waals surface area contributed by atoms with Crippen LogP contribution < -0.4 is 4.74 Å². The zero-order valence-corrected chi connectivity index (χ0v) is 13.1. The number of ketones is 1. The van der Waals surface area contributed by atoms with Gasteiger partial charge in [0.25, 0.3) is 0 Å². The van der Waals surface area contributed by atoms with Crippen LogP contribution in [0.5, 0.6) is 5.75 Å². The molecule has 120 valence electrons. The van der Waals surface area contributed by atoms with Crippen molar-refractivity contribution in [3.63, 3.8) is 0 Å². The van der Waals surface area contributed by atoms with E-state index in [1.165, 1.54) is 0 Å². The van der Waals surface area contributed by atoms with E-state index < -0.39 is 12.0 Å². The molecule has 22 heavy (non-hydrogen) atoms. The standard InChI is InChI=1S/C17H23NO4/c1-12(2)22-16-8-4-3-6-13(16)15(19)9-11-18-10-5-7-14(18)17(20)21/h3-4,6,8,12,14H,5,7,9-11H2,1-2H3,(H,20,21). The van der Waals surface area contributed by atoms with Crippen LogP contribution >= 0.6 is 0 Å². The van der Waals surface area contributed by atoms with Crippen molar-refractivity contribution in [3.05, 3.63) is 29.8 Å². The zero-order chi connectivity index (χ0) is 16.1. The van der Waals surface area contributed by atoms with Gasteiger partial charge in [0.2, 0.25) is 0 Å². The Labute approximate surface area is 130 Å². The molecule has 5 heteroatoms. The summed E-state index contributed by atoms with van der Waals surface area (Å²) in [6.07, 6.45) is 1.85. The summed E-state index contributed by atoms with van der Waals surface area (Å²) in [4.78, 5) is 25.5. The summed E-state index contributed by atoms with van der Waals surface area (Å²) in [6.45, 7) is 5.06. The molecular formula is C17H23NO4. The number of hydrogen-bond donors (Lipinski definition) is 1. The fourth-order valence-corrected chi connectivity index (χ4v) is 2.81. The summed E-state index contributed by atoms with van der Waals surface area (Å²) in [7, 11) is 0. The Kier molecular flexibility index (Phi) is 5.55. The number of carboxylic acid groups (broad SMARTS) is 1. The largest absolute Gasteiger partial charge is 0.490 e. The number of Topliss-reactive ketones (excluding diaryl/α,β-unsaturated/α-hetero) is 1. The minimum absolute atomic E-state index is 0.00363. The minimum Gasteiger partial charge on any atom is -0.490 e. The molecule has 0 aromatic heterocycles. The molecule has 0 saturated carbocycles. The van der Waals surface area contributed by atoms with E-state index in [1.54, 1.807) is 12.1 Å². The molecule has 5 nitrogen and oxygen atoms in total. The molecule has 0 amide bonds. The Morgan fingerprint density at radius 2 is 2.09 bits per heavy atom. The Bertz CT molecular complexity index is 541. The zero-order valence-electron chi connectivity index (χ0n) is 13.1. The molecule has 1 heterocycles. The van der Waals surface area contributed by atoms with Crippen molar-refractivity contribution in [2.75, 3.05) is 13.1 Å². The lowest BCUT2D eigenvalue weighted by molar-refractivity contribution is -0.142. The lowest BCUT2D eigenvalue weighted by Gasteiger charge is -2.20. The number of hydrogen-bond acceptors (Lipinski definition) is 4. The first-order valence-corrected chi connectivity index (χ1v) is 7.74. The van der Waals surface area contributed by atoms with Gasteiger partial charge >= 0.3 is 5.97 Å². The molecule has 1 unspecified atom stereocenters. The molecule has 0 radical (unpaired) electrons. The number of aliphatic carboxylic acids is 1. The third-order valence-corrected chi connectivity index (χ3v) is 3.82. The second-order valence-corrected chi connectivity index (χ2v) is 5.87. The molecule has 2 rings (SSSR count). The van der Waals surface area contributed by atoms with Crippen LogP contribution in [0.3, 0.4) is 0 Å². The molecule has 0 bridgehead atoms. The van der Waals surface area contributed by atoms with E-state index >= 15 is 0 Å². The van der Waals surface area contributed by atoms with Crippen molar-refractivity contribution in [2.45, 2.75) is 45.3 Å². The fraction of sp³-hybridized carbons (Fsp3) is 0.529. The quantitative estimate of drug-likeness (QED) is 0.784. The van der Waals surface area contributed by atoms with Gasteiger partial charge in [-0.1, -0.05) is 12.1 Å². The summed E-state index contributed by atoms with van der Waals surface area (Å²) in [5.41, 5.74) is 0.572. The molecule has 1 saturated heterocycles. The molecule has 1 atom stereocenters. The van der Waals surface area contributed by atoms with Crippen molar-refractivity contribution in [2.24, 2.45) is 0 Å². The highest BCUT2D eigenvalue weighted by molar-refractivity contribution is 5.98. The minimum atomic E-state index is -0.798. The number of benzene rings is 1. The number of carbonyl (C=O) groups is 2. The topological polar surface area (TPSA) is 66.8 Å². The predicted molar refractivity (Wildman–Crippen MR) is 83.4 cm³/mol. The third kappa shape index (κ3) is 4.07. The summed E-state index contributed by atoms with van der Waals surface area (Å²) in [5.74, 6) is -0.209. The van der Waals surface area contributed by atoms with Crippen molar-refractivity contribution in [1.82, 2.24) is 4.90 Å². The first kappa shape index (κ1) is 16.5. The van der Waals surface area contributed by atoms with E-state index in [0.717, 1.165) is 13.0 Å². The molecule has 1 aromatic rings. The SMILES string of the molecule is CC(C)Oc1ccccc1C(=O)CCN1CCCC1C(=O)O. The van der Waals surface area contributed by atoms with Crippen LogP contribution in [-0.4, -0.2) is 47.0 Å². The number of likely N-dealkylation sites (tertiary alicyclic amines) is 1. The average Bonchev–Trinajstić information content (AvgIpc) is 2.93. The lowest BCUT2D eigenvalue weighted by Crippen LogP contribution is -2.37. The van der Waals surface area contributed by atoms with Crippen LogP contribution in [0, 0.1) is 0 Å². The maximum atomic E-state index is 12.4. The highest BCUT2D eigenvalue weighted by atomic mass is 16.5. The summed E-state index contributed by atoms with van der Waals surface area (Å²) < 4.78 is 5.67. The van der Waals surface area contributed by atoms with Crippen molar-refractivity contribution < 1.29 is 19.4 Å². The summed E-state index contributed by atoms with van der Waals surface area (Å²) >= 11 is 0. The van der Waals surface area contributed by atoms with Crippen LogP contribution in [0.15, 0.2) is 24.3 Å². The molecule has 1 N–H and O–H groups in total. The number of carbonyl (C=O) groups excluding carboxylic acids is 1. The highest BCUT2D eigenvalue weighted by Crippen LogP contribution is 2.22. The van der Waals surface area contributed by atoms with E-state index in [9.17, 15) is 9.59 Å². The number of carboxylic acids is 1. The Hall–Kier alpha value is -1.88. The van der Waals surface area contributed by atoms with Gasteiger partial charge < -0.3 is 9.84 Å². The highest BCUT2D eigenvalue weighted by Gasteiger charge is 2.30. The summed E-state index contributed by atoms with van der Waals surface area (Å²) in [5, 5.41) is 9.16. The maximum Gasteiger partial charge on any atom is 0.320 e. The second-order valence-electron chi connectivity index (χ2n) is 5.87. The first-order valence-electron chi connectivity index (χ1n) is 7.74. The van der Waals surface area contributed by atoms with E-state index in [0.29, 0.717) is 30.7 Å². The van der Waals surface area contributed by atoms with Gasteiger partial charge in [-0.25, -0.2) is 0 Å². The van der Waals surface area contributed by atoms with E-state index in [1.807, 2.05) is 30.9 Å². The number of para-hydroxylation sites is 1. The number of rotatable bonds is 7. The molecule has 0 aliphatic carbocycles.